The van der Waals surface area contributed by atoms with Gasteiger partial charge in [-0.1, -0.05) is 38.7 Å². The first-order chi connectivity index (χ1) is 10.9. The molecule has 3 aromatic heterocycles. The van der Waals surface area contributed by atoms with Gasteiger partial charge < -0.3 is 5.32 Å². The van der Waals surface area contributed by atoms with Crippen LogP contribution in [0.15, 0.2) is 41.2 Å². The van der Waals surface area contributed by atoms with Crippen LogP contribution in [0.25, 0.3) is 16.9 Å². The van der Waals surface area contributed by atoms with Crippen LogP contribution in [0.5, 0.6) is 0 Å². The van der Waals surface area contributed by atoms with E-state index in [-0.39, 0.29) is 12.4 Å². The third-order valence-electron chi connectivity index (χ3n) is 3.90. The Morgan fingerprint density at radius 1 is 1.13 bits per heavy atom. The van der Waals surface area contributed by atoms with Crippen molar-refractivity contribution in [1.82, 2.24) is 9.38 Å². The van der Waals surface area contributed by atoms with Gasteiger partial charge in [0.1, 0.15) is 17.2 Å². The highest BCUT2D eigenvalue weighted by Crippen LogP contribution is 2.30. The zero-order valence-corrected chi connectivity index (χ0v) is 15.1. The van der Waals surface area contributed by atoms with Crippen molar-refractivity contribution in [1.29, 1.82) is 0 Å². The number of pyridine rings is 1. The number of hydrogen-bond donors (Lipinski definition) is 1. The van der Waals surface area contributed by atoms with Gasteiger partial charge in [-0.25, -0.2) is 4.98 Å². The van der Waals surface area contributed by atoms with Crippen LogP contribution in [-0.4, -0.2) is 15.9 Å². The van der Waals surface area contributed by atoms with Crippen molar-refractivity contribution in [3.8, 4) is 11.3 Å². The lowest BCUT2D eigenvalue weighted by molar-refractivity contribution is 0.644. The highest BCUT2D eigenvalue weighted by atomic mass is 35.5. The number of rotatable bonds is 8. The third-order valence-corrected chi connectivity index (χ3v) is 4.58. The van der Waals surface area contributed by atoms with Crippen molar-refractivity contribution in [2.75, 3.05) is 11.9 Å². The Morgan fingerprint density at radius 2 is 2.00 bits per heavy atom. The molecule has 3 heterocycles. The van der Waals surface area contributed by atoms with Crippen LogP contribution in [0.2, 0.25) is 0 Å². The fraction of sp³-hybridized carbons (Fsp3) is 0.389. The first-order valence-electron chi connectivity index (χ1n) is 8.13. The predicted molar refractivity (Wildman–Crippen MR) is 103 cm³/mol. The molecule has 0 spiro atoms. The maximum absolute atomic E-state index is 4.79. The molecule has 0 unspecified atom stereocenters. The maximum atomic E-state index is 4.79. The van der Waals surface area contributed by atoms with Crippen LogP contribution in [0.4, 0.5) is 5.82 Å². The van der Waals surface area contributed by atoms with E-state index in [1.165, 1.54) is 37.7 Å². The van der Waals surface area contributed by atoms with Crippen molar-refractivity contribution >= 4 is 35.2 Å². The number of thiophene rings is 1. The number of aromatic nitrogens is 2. The predicted octanol–water partition coefficient (Wildman–Crippen LogP) is 5.87. The standard InChI is InChI=1S/C18H23N3S.ClH/c1-2-3-4-5-7-11-19-18-17(15-10-13-22-14-15)20-16-9-6-8-12-21(16)18;/h6,8-10,12-14,19H,2-5,7,11H2,1H3;1H. The van der Waals surface area contributed by atoms with Crippen molar-refractivity contribution < 1.29 is 0 Å². The van der Waals surface area contributed by atoms with Gasteiger partial charge in [-0.05, 0) is 30.0 Å². The molecule has 0 fully saturated rings. The Hall–Kier alpha value is -1.52. The van der Waals surface area contributed by atoms with Crippen molar-refractivity contribution in [2.24, 2.45) is 0 Å². The molecule has 5 heteroatoms. The van der Waals surface area contributed by atoms with E-state index in [9.17, 15) is 0 Å². The molecular weight excluding hydrogens is 326 g/mol. The van der Waals surface area contributed by atoms with Gasteiger partial charge in [-0.15, -0.1) is 12.4 Å². The summed E-state index contributed by atoms with van der Waals surface area (Å²) in [5.41, 5.74) is 3.25. The summed E-state index contributed by atoms with van der Waals surface area (Å²) in [5, 5.41) is 7.87. The van der Waals surface area contributed by atoms with Gasteiger partial charge >= 0.3 is 0 Å². The zero-order chi connectivity index (χ0) is 15.2. The number of nitrogens with one attached hydrogen (secondary N) is 1. The summed E-state index contributed by atoms with van der Waals surface area (Å²) in [6, 6.07) is 8.29. The van der Waals surface area contributed by atoms with E-state index in [0.717, 1.165) is 23.7 Å². The van der Waals surface area contributed by atoms with Crippen LogP contribution < -0.4 is 5.32 Å². The Balaban J connectivity index is 0.00000192. The summed E-state index contributed by atoms with van der Waals surface area (Å²) in [7, 11) is 0. The minimum absolute atomic E-state index is 0. The number of halogens is 1. The fourth-order valence-corrected chi connectivity index (χ4v) is 3.34. The molecule has 0 atom stereocenters. The van der Waals surface area contributed by atoms with E-state index in [1.54, 1.807) is 11.3 Å². The van der Waals surface area contributed by atoms with Crippen molar-refractivity contribution in [3.63, 3.8) is 0 Å². The molecule has 0 aliphatic heterocycles. The summed E-state index contributed by atoms with van der Waals surface area (Å²) in [6.07, 6.45) is 8.56. The minimum Gasteiger partial charge on any atom is -0.369 e. The van der Waals surface area contributed by atoms with E-state index >= 15 is 0 Å². The molecule has 0 aromatic carbocycles. The lowest BCUT2D eigenvalue weighted by Crippen LogP contribution is -2.05. The Morgan fingerprint density at radius 3 is 2.78 bits per heavy atom. The molecule has 0 aliphatic rings. The van der Waals surface area contributed by atoms with E-state index in [4.69, 9.17) is 4.98 Å². The van der Waals surface area contributed by atoms with E-state index in [2.05, 4.69) is 51.8 Å². The molecule has 0 bridgehead atoms. The van der Waals surface area contributed by atoms with E-state index in [1.807, 2.05) is 6.07 Å². The first-order valence-corrected chi connectivity index (χ1v) is 9.08. The Bertz CT molecular complexity index is 706. The van der Waals surface area contributed by atoms with E-state index in [0.29, 0.717) is 0 Å². The highest BCUT2D eigenvalue weighted by molar-refractivity contribution is 7.08. The van der Waals surface area contributed by atoms with E-state index < -0.39 is 0 Å². The summed E-state index contributed by atoms with van der Waals surface area (Å²) in [6.45, 7) is 3.26. The number of hydrogen-bond acceptors (Lipinski definition) is 3. The third kappa shape index (κ3) is 4.27. The topological polar surface area (TPSA) is 29.3 Å². The van der Waals surface area contributed by atoms with Gasteiger partial charge in [-0.2, -0.15) is 11.3 Å². The first kappa shape index (κ1) is 17.8. The molecule has 23 heavy (non-hydrogen) atoms. The lowest BCUT2D eigenvalue weighted by atomic mass is 10.1. The van der Waals surface area contributed by atoms with Gasteiger partial charge in [-0.3, -0.25) is 4.40 Å². The maximum Gasteiger partial charge on any atom is 0.139 e. The molecule has 3 aromatic rings. The molecule has 0 aliphatic carbocycles. The van der Waals surface area contributed by atoms with Gasteiger partial charge in [0.05, 0.1) is 0 Å². The Kier molecular flexibility index (Phi) is 6.93. The highest BCUT2D eigenvalue weighted by Gasteiger charge is 2.13. The number of unbranched alkanes of at least 4 members (excludes halogenated alkanes) is 4. The quantitative estimate of drug-likeness (QED) is 0.515. The summed E-state index contributed by atoms with van der Waals surface area (Å²) in [4.78, 5) is 4.79. The van der Waals surface area contributed by atoms with Gasteiger partial charge in [0.15, 0.2) is 0 Å². The molecule has 1 N–H and O–H groups in total. The SMILES string of the molecule is CCCCCCCNc1c(-c2ccsc2)nc2ccccn12.Cl. The van der Waals surface area contributed by atoms with Crippen LogP contribution >= 0.6 is 23.7 Å². The van der Waals surface area contributed by atoms with Gasteiger partial charge in [0.2, 0.25) is 0 Å². The normalized spacial score (nSPS) is 10.7. The smallest absolute Gasteiger partial charge is 0.139 e. The fourth-order valence-electron chi connectivity index (χ4n) is 2.70. The summed E-state index contributed by atoms with van der Waals surface area (Å²) >= 11 is 1.71. The zero-order valence-electron chi connectivity index (χ0n) is 13.5. The van der Waals surface area contributed by atoms with Crippen LogP contribution in [0.3, 0.4) is 0 Å². The molecule has 0 radical (unpaired) electrons. The second kappa shape index (κ2) is 8.94. The van der Waals surface area contributed by atoms with Crippen LogP contribution in [0.1, 0.15) is 39.0 Å². The molecule has 0 amide bonds. The molecule has 3 nitrogen and oxygen atoms in total. The minimum atomic E-state index is 0. The van der Waals surface area contributed by atoms with Gasteiger partial charge in [0.25, 0.3) is 0 Å². The molecule has 0 saturated carbocycles. The summed E-state index contributed by atoms with van der Waals surface area (Å²) in [5.74, 6) is 1.12. The molecule has 3 rings (SSSR count). The lowest BCUT2D eigenvalue weighted by Gasteiger charge is -2.08. The molecule has 124 valence electrons. The molecular formula is C18H24ClN3S. The number of imidazole rings is 1. The second-order valence-electron chi connectivity index (χ2n) is 5.59. The number of fused-ring (bicyclic) bond motifs is 1. The van der Waals surface area contributed by atoms with Crippen LogP contribution in [0, 0.1) is 0 Å². The summed E-state index contributed by atoms with van der Waals surface area (Å²) < 4.78 is 2.15. The average Bonchev–Trinajstić information content (AvgIpc) is 3.18. The monoisotopic (exact) mass is 349 g/mol. The Labute approximate surface area is 148 Å². The van der Waals surface area contributed by atoms with Crippen molar-refractivity contribution in [2.45, 2.75) is 39.0 Å². The second-order valence-corrected chi connectivity index (χ2v) is 6.37. The van der Waals surface area contributed by atoms with Crippen LogP contribution in [-0.2, 0) is 0 Å². The molecule has 0 saturated heterocycles. The number of nitrogens with zero attached hydrogens (tertiary/aromatic N) is 2. The largest absolute Gasteiger partial charge is 0.369 e. The average molecular weight is 350 g/mol. The van der Waals surface area contributed by atoms with Crippen molar-refractivity contribution in [3.05, 3.63) is 41.2 Å². The van der Waals surface area contributed by atoms with Gasteiger partial charge in [0, 0.05) is 23.7 Å². The number of anilines is 1.